The molecule has 40 heavy (non-hydrogen) atoms. The summed E-state index contributed by atoms with van der Waals surface area (Å²) in [5.74, 6) is 0.619. The maximum Gasteiger partial charge on any atom is 0.255 e. The van der Waals surface area contributed by atoms with Crippen LogP contribution in [0.25, 0.3) is 0 Å². The fraction of sp³-hybridized carbons (Fsp3) is 0.500. The van der Waals surface area contributed by atoms with Crippen molar-refractivity contribution in [2.75, 3.05) is 33.0 Å². The van der Waals surface area contributed by atoms with Crippen LogP contribution in [-0.4, -0.2) is 67.2 Å². The lowest BCUT2D eigenvalue weighted by Crippen LogP contribution is -2.46. The highest BCUT2D eigenvalue weighted by Crippen LogP contribution is 2.27. The molecular weight excluding hydrogens is 512 g/mol. The minimum Gasteiger partial charge on any atom is -0.485 e. The number of carbonyl (C=O) groups excluding carboxylic acids is 2. The molecule has 0 aromatic heterocycles. The van der Waals surface area contributed by atoms with E-state index in [2.05, 4.69) is 48.4 Å². The van der Waals surface area contributed by atoms with E-state index in [1.54, 1.807) is 28.9 Å². The van der Waals surface area contributed by atoms with E-state index in [4.69, 9.17) is 4.74 Å². The molecule has 3 rings (SSSR count). The summed E-state index contributed by atoms with van der Waals surface area (Å²) >= 11 is 0. The molecule has 0 radical (unpaired) electrons. The van der Waals surface area contributed by atoms with Crippen LogP contribution >= 0.6 is 0 Å². The van der Waals surface area contributed by atoms with Gasteiger partial charge >= 0.3 is 0 Å². The number of alkyl halides is 2. The highest BCUT2D eigenvalue weighted by atomic mass is 19.1. The van der Waals surface area contributed by atoms with Gasteiger partial charge < -0.3 is 15.0 Å². The van der Waals surface area contributed by atoms with Gasteiger partial charge in [0.1, 0.15) is 24.9 Å². The predicted octanol–water partition coefficient (Wildman–Crippen LogP) is 5.84. The van der Waals surface area contributed by atoms with Crippen LogP contribution in [0.2, 0.25) is 0 Å². The quantitative estimate of drug-likeness (QED) is 0.127. The molecule has 1 unspecified atom stereocenters. The number of likely N-dealkylation sites (tertiary alicyclic amines) is 1. The zero-order valence-corrected chi connectivity index (χ0v) is 23.8. The number of ether oxygens (including phenoxy) is 1. The van der Waals surface area contributed by atoms with Crippen LogP contribution in [0.4, 0.5) is 8.78 Å². The second-order valence-electron chi connectivity index (χ2n) is 10.3. The first-order valence-electron chi connectivity index (χ1n) is 14.3. The number of halogens is 2. The van der Waals surface area contributed by atoms with Gasteiger partial charge in [0, 0.05) is 31.2 Å². The Kier molecular flexibility index (Phi) is 12.4. The summed E-state index contributed by atoms with van der Waals surface area (Å²) < 4.78 is 31.6. The van der Waals surface area contributed by atoms with E-state index in [1.807, 2.05) is 6.92 Å². The van der Waals surface area contributed by atoms with Crippen molar-refractivity contribution in [3.63, 3.8) is 0 Å². The van der Waals surface area contributed by atoms with Gasteiger partial charge in [-0.1, -0.05) is 50.0 Å². The third-order valence-corrected chi connectivity index (χ3v) is 7.46. The second kappa shape index (κ2) is 16.0. The molecule has 0 aromatic rings. The van der Waals surface area contributed by atoms with Crippen molar-refractivity contribution in [2.24, 2.45) is 5.92 Å². The van der Waals surface area contributed by atoms with Crippen LogP contribution in [0.5, 0.6) is 0 Å². The Morgan fingerprint density at radius 3 is 2.48 bits per heavy atom. The summed E-state index contributed by atoms with van der Waals surface area (Å²) in [4.78, 5) is 28.5. The molecule has 1 heterocycles. The van der Waals surface area contributed by atoms with E-state index in [9.17, 15) is 18.4 Å². The Morgan fingerprint density at radius 2 is 1.93 bits per heavy atom. The Balaban J connectivity index is 1.78. The Morgan fingerprint density at radius 1 is 1.20 bits per heavy atom. The number of piperidine rings is 1. The van der Waals surface area contributed by atoms with E-state index >= 15 is 0 Å². The van der Waals surface area contributed by atoms with Crippen molar-refractivity contribution >= 4 is 12.3 Å². The van der Waals surface area contributed by atoms with Crippen LogP contribution in [-0.2, 0) is 14.3 Å². The largest absolute Gasteiger partial charge is 0.485 e. The first-order valence-corrected chi connectivity index (χ1v) is 14.3. The third kappa shape index (κ3) is 8.80. The Labute approximate surface area is 237 Å². The molecular formula is C32H43F2N3O3. The third-order valence-electron chi connectivity index (χ3n) is 7.46. The average Bonchev–Trinajstić information content (AvgIpc) is 3.01. The fourth-order valence-electron chi connectivity index (χ4n) is 5.00. The van der Waals surface area contributed by atoms with E-state index in [-0.39, 0.29) is 23.6 Å². The highest BCUT2D eigenvalue weighted by Gasteiger charge is 2.27. The predicted molar refractivity (Wildman–Crippen MR) is 155 cm³/mol. The molecule has 1 N–H and O–H groups in total. The molecule has 1 fully saturated rings. The van der Waals surface area contributed by atoms with Crippen LogP contribution in [0, 0.1) is 5.92 Å². The van der Waals surface area contributed by atoms with Gasteiger partial charge in [-0.25, -0.2) is 8.78 Å². The molecule has 2 amide bonds. The van der Waals surface area contributed by atoms with E-state index in [0.717, 1.165) is 38.5 Å². The maximum absolute atomic E-state index is 13.9. The van der Waals surface area contributed by atoms with Gasteiger partial charge in [-0.2, -0.15) is 0 Å². The lowest BCUT2D eigenvalue weighted by molar-refractivity contribution is -0.126. The molecule has 6 nitrogen and oxygen atoms in total. The van der Waals surface area contributed by atoms with Crippen molar-refractivity contribution in [3.05, 3.63) is 83.5 Å². The molecule has 8 heteroatoms. The topological polar surface area (TPSA) is 61.9 Å². The summed E-state index contributed by atoms with van der Waals surface area (Å²) in [7, 11) is 0. The zero-order valence-electron chi connectivity index (χ0n) is 23.8. The number of allylic oxidation sites excluding steroid dienone is 9. The highest BCUT2D eigenvalue weighted by molar-refractivity contribution is 5.95. The summed E-state index contributed by atoms with van der Waals surface area (Å²) in [5, 5.41) is 3.43. The molecule has 1 aliphatic heterocycles. The first kappa shape index (κ1) is 31.1. The Hall–Kier alpha value is -3.42. The second-order valence-corrected chi connectivity index (χ2v) is 10.3. The van der Waals surface area contributed by atoms with Crippen LogP contribution in [0.15, 0.2) is 83.5 Å². The summed E-state index contributed by atoms with van der Waals surface area (Å²) in [5.41, 5.74) is 2.89. The number of amides is 2. The summed E-state index contributed by atoms with van der Waals surface area (Å²) in [6.07, 6.45) is 20.8. The van der Waals surface area contributed by atoms with Crippen molar-refractivity contribution < 1.29 is 23.1 Å². The SMILES string of the molecule is C=C(NC1CCN(C=O)CC1)N(CC1C=CC(C2=CCCC=C2)=CC1)C(=O)/C(=C/C(=C\C)OC(CF)CF)CC. The molecule has 2 aliphatic carbocycles. The van der Waals surface area contributed by atoms with Gasteiger partial charge in [0.2, 0.25) is 6.41 Å². The monoisotopic (exact) mass is 555 g/mol. The molecule has 0 saturated carbocycles. The molecule has 0 bridgehead atoms. The smallest absolute Gasteiger partial charge is 0.255 e. The van der Waals surface area contributed by atoms with Crippen molar-refractivity contribution in [1.82, 2.24) is 15.1 Å². The van der Waals surface area contributed by atoms with Crippen molar-refractivity contribution in [1.29, 1.82) is 0 Å². The zero-order chi connectivity index (χ0) is 28.9. The van der Waals surface area contributed by atoms with E-state index in [0.29, 0.717) is 37.4 Å². The van der Waals surface area contributed by atoms with Gasteiger partial charge in [0.25, 0.3) is 5.91 Å². The van der Waals surface area contributed by atoms with Gasteiger partial charge in [0.15, 0.2) is 6.10 Å². The molecule has 218 valence electrons. The number of hydrogen-bond donors (Lipinski definition) is 1. The minimum atomic E-state index is -1.21. The maximum atomic E-state index is 13.9. The van der Waals surface area contributed by atoms with Crippen molar-refractivity contribution in [2.45, 2.75) is 64.5 Å². The number of carbonyl (C=O) groups is 2. The fourth-order valence-corrected chi connectivity index (χ4v) is 5.00. The average molecular weight is 556 g/mol. The van der Waals surface area contributed by atoms with E-state index < -0.39 is 19.5 Å². The van der Waals surface area contributed by atoms with Crippen molar-refractivity contribution in [3.8, 4) is 0 Å². The van der Waals surface area contributed by atoms with Crippen LogP contribution < -0.4 is 5.32 Å². The number of nitrogens with zero attached hydrogens (tertiary/aromatic N) is 2. The molecule has 3 aliphatic rings. The van der Waals surface area contributed by atoms with Crippen LogP contribution in [0.3, 0.4) is 0 Å². The van der Waals surface area contributed by atoms with Gasteiger partial charge in [-0.15, -0.1) is 0 Å². The van der Waals surface area contributed by atoms with Gasteiger partial charge in [-0.3, -0.25) is 14.5 Å². The lowest BCUT2D eigenvalue weighted by atomic mass is 9.90. The standard InChI is InChI=1S/C32H43F2N3O3/c1-4-26(19-30(5-2)40-31(20-33)21-34)32(39)37(24(3)35-29-15-17-36(23-38)18-16-29)22-25-11-13-28(14-12-25)27-9-7-6-8-10-27/h5,7,9-11,13-14,19,23,25,29,31,35H,3-4,6,8,12,15-18,20-22H2,1-2H3/b26-19+,30-5+. The number of hydrogen-bond acceptors (Lipinski definition) is 4. The van der Waals surface area contributed by atoms with E-state index in [1.165, 1.54) is 11.1 Å². The first-order chi connectivity index (χ1) is 19.4. The van der Waals surface area contributed by atoms with Crippen LogP contribution in [0.1, 0.15) is 52.4 Å². The van der Waals surface area contributed by atoms with Gasteiger partial charge in [0.05, 0.1) is 0 Å². The number of rotatable bonds is 14. The molecule has 0 aromatic carbocycles. The molecule has 1 saturated heterocycles. The summed E-state index contributed by atoms with van der Waals surface area (Å²) in [6.45, 7) is 7.62. The van der Waals surface area contributed by atoms with Gasteiger partial charge in [-0.05, 0) is 74.7 Å². The Bertz CT molecular complexity index is 1080. The number of nitrogens with one attached hydrogen (secondary N) is 1. The molecule has 1 atom stereocenters. The minimum absolute atomic E-state index is 0.0920. The molecule has 0 spiro atoms. The lowest BCUT2D eigenvalue weighted by Gasteiger charge is -2.35. The normalized spacial score (nSPS) is 20.2. The summed E-state index contributed by atoms with van der Waals surface area (Å²) in [6, 6.07) is 0.0933.